The zero-order chi connectivity index (χ0) is 30.0. The van der Waals surface area contributed by atoms with Crippen molar-refractivity contribution >= 4 is 21.8 Å². The minimum absolute atomic E-state index is 0.104. The smallest absolute Gasteiger partial charge is 0.451 e. The molecule has 1 saturated heterocycles. The van der Waals surface area contributed by atoms with Gasteiger partial charge in [0.15, 0.2) is 12.1 Å². The summed E-state index contributed by atoms with van der Waals surface area (Å²) in [6.45, 7) is 3.48. The number of aryl methyl sites for hydroxylation is 1. The average molecular weight is 605 g/mol. The number of nitrogens with zero attached hydrogens (tertiary/aromatic N) is 3. The first-order chi connectivity index (χ1) is 19.4. The van der Waals surface area contributed by atoms with Gasteiger partial charge in [-0.3, -0.25) is 14.5 Å². The Kier molecular flexibility index (Phi) is 11.7. The molecule has 0 bridgehead atoms. The molecule has 0 saturated carbocycles. The Labute approximate surface area is 237 Å². The van der Waals surface area contributed by atoms with Crippen LogP contribution in [0.15, 0.2) is 35.3 Å². The van der Waals surface area contributed by atoms with Crippen molar-refractivity contribution in [3.05, 3.63) is 53.5 Å². The van der Waals surface area contributed by atoms with Gasteiger partial charge in [0.05, 0.1) is 6.17 Å². The molecule has 2 heterocycles. The van der Waals surface area contributed by atoms with E-state index in [2.05, 4.69) is 11.9 Å². The molecule has 3 rings (SSSR count). The van der Waals surface area contributed by atoms with Gasteiger partial charge < -0.3 is 9.32 Å². The molecule has 1 aromatic carbocycles. The summed E-state index contributed by atoms with van der Waals surface area (Å²) in [7, 11) is -5.81. The number of rotatable bonds is 15. The molecule has 1 unspecified atom stereocenters. The number of hydrogen-bond acceptors (Lipinski definition) is 7. The van der Waals surface area contributed by atoms with Crippen molar-refractivity contribution in [2.75, 3.05) is 13.1 Å². The fourth-order valence-corrected chi connectivity index (χ4v) is 5.49. The molecule has 2 aromatic rings. The number of aromatic nitrogens is 1. The second kappa shape index (κ2) is 14.8. The minimum atomic E-state index is -5.81. The van der Waals surface area contributed by atoms with Crippen molar-refractivity contribution in [3.8, 4) is 0 Å². The highest BCUT2D eigenvalue weighted by molar-refractivity contribution is 7.90. The van der Waals surface area contributed by atoms with Crippen LogP contribution in [0.1, 0.15) is 86.3 Å². The predicted molar refractivity (Wildman–Crippen MR) is 142 cm³/mol. The molecule has 0 spiro atoms. The molecule has 1 aromatic heterocycles. The average Bonchev–Trinajstić information content (AvgIpc) is 3.59. The van der Waals surface area contributed by atoms with Gasteiger partial charge in [-0.25, -0.2) is 14.1 Å². The van der Waals surface area contributed by atoms with Gasteiger partial charge in [0.2, 0.25) is 5.91 Å². The molecule has 9 nitrogen and oxygen atoms in total. The number of sulfonamides is 1. The first-order valence-electron chi connectivity index (χ1n) is 13.8. The van der Waals surface area contributed by atoms with E-state index in [1.54, 1.807) is 4.90 Å². The van der Waals surface area contributed by atoms with E-state index in [4.69, 9.17) is 4.42 Å². The Bertz CT molecular complexity index is 1250. The van der Waals surface area contributed by atoms with Crippen LogP contribution in [-0.2, 0) is 27.8 Å². The minimum Gasteiger partial charge on any atom is -0.451 e. The second-order valence-corrected chi connectivity index (χ2v) is 11.8. The summed E-state index contributed by atoms with van der Waals surface area (Å²) in [5.41, 5.74) is -4.44. The Morgan fingerprint density at radius 3 is 2.56 bits per heavy atom. The molecule has 2 amide bonds. The van der Waals surface area contributed by atoms with Gasteiger partial charge >= 0.3 is 15.5 Å². The van der Waals surface area contributed by atoms with Crippen LogP contribution in [0.5, 0.6) is 0 Å². The van der Waals surface area contributed by atoms with E-state index in [1.165, 1.54) is 30.9 Å². The number of unbranched alkanes of at least 4 members (excludes halogenated alkanes) is 5. The van der Waals surface area contributed by atoms with Crippen molar-refractivity contribution in [3.63, 3.8) is 0 Å². The molecule has 0 aliphatic carbocycles. The Morgan fingerprint density at radius 2 is 1.88 bits per heavy atom. The quantitative estimate of drug-likeness (QED) is 0.221. The Hall–Kier alpha value is -3.00. The van der Waals surface area contributed by atoms with E-state index in [0.717, 1.165) is 49.7 Å². The zero-order valence-electron chi connectivity index (χ0n) is 23.0. The maximum Gasteiger partial charge on any atom is 0.516 e. The van der Waals surface area contributed by atoms with Crippen LogP contribution in [-0.4, -0.2) is 59.8 Å². The third kappa shape index (κ3) is 9.25. The largest absolute Gasteiger partial charge is 0.516 e. The van der Waals surface area contributed by atoms with Crippen molar-refractivity contribution in [1.82, 2.24) is 19.5 Å². The molecule has 0 radical (unpaired) electrons. The zero-order valence-corrected chi connectivity index (χ0v) is 23.8. The van der Waals surface area contributed by atoms with E-state index in [1.807, 2.05) is 4.90 Å². The number of carbonyl (C=O) groups is 2. The number of carbonyl (C=O) groups excluding carboxylic acids is 2. The highest BCUT2D eigenvalue weighted by Crippen LogP contribution is 2.27. The lowest BCUT2D eigenvalue weighted by molar-refractivity contribution is -0.120. The number of benzene rings is 1. The number of likely N-dealkylation sites (tertiary alicyclic amines) is 1. The lowest BCUT2D eigenvalue weighted by atomic mass is 10.0. The van der Waals surface area contributed by atoms with Crippen molar-refractivity contribution in [2.45, 2.75) is 89.4 Å². The van der Waals surface area contributed by atoms with Gasteiger partial charge in [-0.1, -0.05) is 45.1 Å². The van der Waals surface area contributed by atoms with E-state index in [0.29, 0.717) is 30.6 Å². The molecule has 1 aliphatic rings. The van der Waals surface area contributed by atoms with Gasteiger partial charge in [0.25, 0.3) is 5.91 Å². The molecular formula is C27H36F4N4O5S. The summed E-state index contributed by atoms with van der Waals surface area (Å²) in [6.07, 6.45) is 9.26. The number of nitrogens with one attached hydrogen (secondary N) is 1. The van der Waals surface area contributed by atoms with Crippen molar-refractivity contribution < 1.29 is 40.0 Å². The topological polar surface area (TPSA) is 113 Å². The van der Waals surface area contributed by atoms with Crippen LogP contribution in [0.25, 0.3) is 0 Å². The SMILES string of the molecule is CCCCCCCCN(C(=O)c1cocn1)C1CCCN1Cc1cc(F)ccc1CCC(=O)NS(=O)(=O)C(F)(F)F. The summed E-state index contributed by atoms with van der Waals surface area (Å²) in [4.78, 5) is 33.2. The molecule has 1 aliphatic heterocycles. The number of hydrogen-bond donors (Lipinski definition) is 1. The summed E-state index contributed by atoms with van der Waals surface area (Å²) in [5, 5.41) is 0. The summed E-state index contributed by atoms with van der Waals surface area (Å²) >= 11 is 0. The molecular weight excluding hydrogens is 568 g/mol. The van der Waals surface area contributed by atoms with E-state index < -0.39 is 33.7 Å². The number of alkyl halides is 3. The fraction of sp³-hybridized carbons (Fsp3) is 0.593. The van der Waals surface area contributed by atoms with Crippen LogP contribution in [0.4, 0.5) is 17.6 Å². The predicted octanol–water partition coefficient (Wildman–Crippen LogP) is 5.14. The van der Waals surface area contributed by atoms with E-state index in [9.17, 15) is 35.6 Å². The van der Waals surface area contributed by atoms with Gasteiger partial charge in [-0.15, -0.1) is 0 Å². The van der Waals surface area contributed by atoms with Crippen LogP contribution in [0.2, 0.25) is 0 Å². The third-order valence-corrected chi connectivity index (χ3v) is 8.18. The maximum absolute atomic E-state index is 14.3. The molecule has 1 fully saturated rings. The highest BCUT2D eigenvalue weighted by Gasteiger charge is 2.46. The molecule has 1 N–H and O–H groups in total. The van der Waals surface area contributed by atoms with E-state index >= 15 is 0 Å². The first kappa shape index (κ1) is 32.5. The first-order valence-corrected chi connectivity index (χ1v) is 15.2. The van der Waals surface area contributed by atoms with Gasteiger partial charge in [-0.05, 0) is 48.9 Å². The molecule has 1 atom stereocenters. The van der Waals surface area contributed by atoms with Gasteiger partial charge in [-0.2, -0.15) is 21.6 Å². The second-order valence-electron chi connectivity index (χ2n) is 10.1. The summed E-state index contributed by atoms with van der Waals surface area (Å²) < 4.78 is 80.6. The lowest BCUT2D eigenvalue weighted by Crippen LogP contribution is -2.48. The normalized spacial score (nSPS) is 16.2. The van der Waals surface area contributed by atoms with Crippen molar-refractivity contribution in [2.24, 2.45) is 0 Å². The van der Waals surface area contributed by atoms with E-state index in [-0.39, 0.29) is 30.7 Å². The third-order valence-electron chi connectivity index (χ3n) is 7.07. The lowest BCUT2D eigenvalue weighted by Gasteiger charge is -2.35. The van der Waals surface area contributed by atoms with Crippen LogP contribution >= 0.6 is 0 Å². The van der Waals surface area contributed by atoms with Crippen LogP contribution in [0.3, 0.4) is 0 Å². The maximum atomic E-state index is 14.3. The van der Waals surface area contributed by atoms with Crippen LogP contribution in [0, 0.1) is 5.82 Å². The summed E-state index contributed by atoms with van der Waals surface area (Å²) in [6, 6.07) is 3.88. The van der Waals surface area contributed by atoms with Gasteiger partial charge in [0.1, 0.15) is 12.1 Å². The Balaban J connectivity index is 1.72. The molecule has 14 heteroatoms. The molecule has 228 valence electrons. The number of halogens is 4. The summed E-state index contributed by atoms with van der Waals surface area (Å²) in [5.74, 6) is -2.13. The standard InChI is InChI=1S/C27H36F4N4O5S/c1-2-3-4-5-6-7-15-35(26(37)23-18-40-19-32-23)25-9-8-14-34(25)17-21-16-22(28)12-10-20(21)11-13-24(36)33-41(38,39)27(29,30)31/h10,12,16,18-19,25H,2-9,11,13-15,17H2,1H3,(H,33,36). The highest BCUT2D eigenvalue weighted by atomic mass is 32.2. The number of amides is 2. The van der Waals surface area contributed by atoms with Gasteiger partial charge in [0, 0.05) is 26.1 Å². The van der Waals surface area contributed by atoms with Crippen molar-refractivity contribution in [1.29, 1.82) is 0 Å². The molecule has 41 heavy (non-hydrogen) atoms. The number of oxazole rings is 1. The van der Waals surface area contributed by atoms with Crippen LogP contribution < -0.4 is 4.72 Å². The monoisotopic (exact) mass is 604 g/mol. The Morgan fingerprint density at radius 1 is 1.15 bits per heavy atom. The fourth-order valence-electron chi connectivity index (χ4n) is 4.97.